The van der Waals surface area contributed by atoms with Crippen LogP contribution in [-0.4, -0.2) is 43.6 Å². The monoisotopic (exact) mass is 280 g/mol. The summed E-state index contributed by atoms with van der Waals surface area (Å²) in [5.41, 5.74) is 0.211. The molecule has 7 nitrogen and oxygen atoms in total. The first-order valence-electron chi connectivity index (χ1n) is 5.48. The number of carboxylic acid groups (broad SMARTS) is 1. The number of thioether (sulfide) groups is 1. The van der Waals surface area contributed by atoms with Crippen molar-refractivity contribution in [1.29, 1.82) is 0 Å². The van der Waals surface area contributed by atoms with Gasteiger partial charge in [-0.3, -0.25) is 0 Å². The number of benzene rings is 1. The molecule has 0 unspecified atom stereocenters. The van der Waals surface area contributed by atoms with Crippen LogP contribution >= 0.6 is 11.8 Å². The van der Waals surface area contributed by atoms with Crippen molar-refractivity contribution in [2.24, 2.45) is 7.05 Å². The summed E-state index contributed by atoms with van der Waals surface area (Å²) in [5, 5.41) is 20.6. The second-order valence-corrected chi connectivity index (χ2v) is 4.68. The molecule has 0 aliphatic heterocycles. The second-order valence-electron chi connectivity index (χ2n) is 3.61. The molecule has 1 heterocycles. The summed E-state index contributed by atoms with van der Waals surface area (Å²) in [6.07, 6.45) is 0. The summed E-state index contributed by atoms with van der Waals surface area (Å²) < 4.78 is 7.05. The molecule has 0 fully saturated rings. The Morgan fingerprint density at radius 3 is 3.05 bits per heavy atom. The van der Waals surface area contributed by atoms with Crippen LogP contribution in [0.15, 0.2) is 29.4 Å². The molecule has 100 valence electrons. The number of hydrogen-bond donors (Lipinski definition) is 1. The van der Waals surface area contributed by atoms with Crippen LogP contribution in [0, 0.1) is 0 Å². The number of aryl methyl sites for hydroxylation is 1. The van der Waals surface area contributed by atoms with Gasteiger partial charge in [0.25, 0.3) is 0 Å². The van der Waals surface area contributed by atoms with E-state index in [0.717, 1.165) is 0 Å². The molecular weight excluding hydrogens is 268 g/mol. The fourth-order valence-electron chi connectivity index (χ4n) is 1.35. The molecule has 0 amide bonds. The molecular formula is C11H12N4O3S. The van der Waals surface area contributed by atoms with Gasteiger partial charge in [-0.2, -0.15) is 0 Å². The summed E-state index contributed by atoms with van der Waals surface area (Å²) >= 11 is 1.47. The molecule has 0 radical (unpaired) electrons. The van der Waals surface area contributed by atoms with E-state index in [1.54, 1.807) is 23.9 Å². The van der Waals surface area contributed by atoms with E-state index < -0.39 is 5.97 Å². The number of carbonyl (C=O) groups is 1. The third-order valence-electron chi connectivity index (χ3n) is 2.25. The van der Waals surface area contributed by atoms with E-state index in [4.69, 9.17) is 9.84 Å². The fourth-order valence-corrected chi connectivity index (χ4v) is 2.02. The molecule has 8 heteroatoms. The van der Waals surface area contributed by atoms with E-state index in [1.807, 2.05) is 0 Å². The number of rotatable bonds is 6. The Labute approximate surface area is 113 Å². The number of tetrazole rings is 1. The first kappa shape index (κ1) is 13.3. The summed E-state index contributed by atoms with van der Waals surface area (Å²) in [6, 6.07) is 6.39. The molecule has 1 N–H and O–H groups in total. The first-order chi connectivity index (χ1) is 9.16. The van der Waals surface area contributed by atoms with E-state index in [0.29, 0.717) is 23.3 Å². The van der Waals surface area contributed by atoms with Crippen LogP contribution in [-0.2, 0) is 7.05 Å². The zero-order valence-corrected chi connectivity index (χ0v) is 11.0. The minimum atomic E-state index is -0.968. The van der Waals surface area contributed by atoms with Gasteiger partial charge < -0.3 is 9.84 Å². The van der Waals surface area contributed by atoms with E-state index in [2.05, 4.69) is 15.5 Å². The number of carboxylic acids is 1. The van der Waals surface area contributed by atoms with Crippen LogP contribution in [0.5, 0.6) is 5.75 Å². The molecule has 0 atom stereocenters. The highest BCUT2D eigenvalue weighted by Crippen LogP contribution is 2.15. The van der Waals surface area contributed by atoms with Gasteiger partial charge in [-0.1, -0.05) is 17.8 Å². The van der Waals surface area contributed by atoms with Crippen molar-refractivity contribution in [2.75, 3.05) is 12.4 Å². The maximum Gasteiger partial charge on any atom is 0.335 e. The van der Waals surface area contributed by atoms with Gasteiger partial charge in [-0.15, -0.1) is 5.10 Å². The Morgan fingerprint density at radius 2 is 2.37 bits per heavy atom. The predicted octanol–water partition coefficient (Wildman–Crippen LogP) is 1.08. The van der Waals surface area contributed by atoms with Gasteiger partial charge in [0.05, 0.1) is 12.2 Å². The van der Waals surface area contributed by atoms with Crippen molar-refractivity contribution >= 4 is 17.7 Å². The van der Waals surface area contributed by atoms with Crippen molar-refractivity contribution < 1.29 is 14.6 Å². The molecule has 19 heavy (non-hydrogen) atoms. The summed E-state index contributed by atoms with van der Waals surface area (Å²) in [7, 11) is 1.76. The van der Waals surface area contributed by atoms with Gasteiger partial charge in [0.1, 0.15) is 5.75 Å². The minimum Gasteiger partial charge on any atom is -0.493 e. The third-order valence-corrected chi connectivity index (χ3v) is 3.22. The number of nitrogens with zero attached hydrogens (tertiary/aromatic N) is 4. The highest BCUT2D eigenvalue weighted by molar-refractivity contribution is 7.99. The Balaban J connectivity index is 1.81. The molecule has 0 saturated carbocycles. The molecule has 0 spiro atoms. The number of ether oxygens (including phenoxy) is 1. The summed E-state index contributed by atoms with van der Waals surface area (Å²) in [4.78, 5) is 10.8. The smallest absolute Gasteiger partial charge is 0.335 e. The van der Waals surface area contributed by atoms with E-state index in [-0.39, 0.29) is 5.56 Å². The van der Waals surface area contributed by atoms with E-state index in [1.165, 1.54) is 23.9 Å². The van der Waals surface area contributed by atoms with Crippen molar-refractivity contribution in [2.45, 2.75) is 5.16 Å². The van der Waals surface area contributed by atoms with Crippen molar-refractivity contribution in [3.8, 4) is 5.75 Å². The van der Waals surface area contributed by atoms with Crippen LogP contribution in [0.25, 0.3) is 0 Å². The fraction of sp³-hybridized carbons (Fsp3) is 0.273. The molecule has 0 bridgehead atoms. The highest BCUT2D eigenvalue weighted by atomic mass is 32.2. The predicted molar refractivity (Wildman–Crippen MR) is 68.4 cm³/mol. The zero-order valence-electron chi connectivity index (χ0n) is 10.2. The van der Waals surface area contributed by atoms with Gasteiger partial charge in [-0.25, -0.2) is 9.48 Å². The highest BCUT2D eigenvalue weighted by Gasteiger charge is 2.05. The van der Waals surface area contributed by atoms with Crippen molar-refractivity contribution in [3.05, 3.63) is 29.8 Å². The second kappa shape index (κ2) is 6.19. The Hall–Kier alpha value is -2.09. The summed E-state index contributed by atoms with van der Waals surface area (Å²) in [5.74, 6) is 0.243. The Morgan fingerprint density at radius 1 is 1.53 bits per heavy atom. The standard InChI is InChI=1S/C11H12N4O3S/c1-15-11(12-13-14-15)19-6-5-18-9-4-2-3-8(7-9)10(16)17/h2-4,7H,5-6H2,1H3,(H,16,17). The van der Waals surface area contributed by atoms with Crippen LogP contribution in [0.4, 0.5) is 0 Å². The SMILES string of the molecule is Cn1nnnc1SCCOc1cccc(C(=O)O)c1. The van der Waals surface area contributed by atoms with Gasteiger partial charge in [-0.05, 0) is 28.6 Å². The molecule has 1 aromatic carbocycles. The zero-order chi connectivity index (χ0) is 13.7. The van der Waals surface area contributed by atoms with Crippen molar-refractivity contribution in [3.63, 3.8) is 0 Å². The quantitative estimate of drug-likeness (QED) is 0.625. The maximum absolute atomic E-state index is 10.8. The lowest BCUT2D eigenvalue weighted by Crippen LogP contribution is -2.03. The molecule has 1 aromatic heterocycles. The lowest BCUT2D eigenvalue weighted by Gasteiger charge is -2.06. The van der Waals surface area contributed by atoms with Gasteiger partial charge in [0.15, 0.2) is 0 Å². The number of aromatic nitrogens is 4. The third kappa shape index (κ3) is 3.68. The Bertz CT molecular complexity index is 573. The van der Waals surface area contributed by atoms with Crippen LogP contribution in [0.3, 0.4) is 0 Å². The number of hydrogen-bond acceptors (Lipinski definition) is 6. The number of aromatic carboxylic acids is 1. The first-order valence-corrected chi connectivity index (χ1v) is 6.46. The van der Waals surface area contributed by atoms with E-state index >= 15 is 0 Å². The van der Waals surface area contributed by atoms with Crippen LogP contribution in [0.2, 0.25) is 0 Å². The molecule has 2 aromatic rings. The van der Waals surface area contributed by atoms with Crippen LogP contribution < -0.4 is 4.74 Å². The lowest BCUT2D eigenvalue weighted by atomic mass is 10.2. The largest absolute Gasteiger partial charge is 0.493 e. The minimum absolute atomic E-state index is 0.211. The average Bonchev–Trinajstić information content (AvgIpc) is 2.81. The van der Waals surface area contributed by atoms with E-state index in [9.17, 15) is 4.79 Å². The molecule has 0 aliphatic rings. The van der Waals surface area contributed by atoms with Gasteiger partial charge >= 0.3 is 5.97 Å². The lowest BCUT2D eigenvalue weighted by molar-refractivity contribution is 0.0696. The average molecular weight is 280 g/mol. The molecule has 0 saturated heterocycles. The Kier molecular flexibility index (Phi) is 4.35. The normalized spacial score (nSPS) is 10.4. The summed E-state index contributed by atoms with van der Waals surface area (Å²) in [6.45, 7) is 0.445. The molecule has 2 rings (SSSR count). The topological polar surface area (TPSA) is 90.1 Å². The maximum atomic E-state index is 10.8. The van der Waals surface area contributed by atoms with Gasteiger partial charge in [0.2, 0.25) is 5.16 Å². The molecule has 0 aliphatic carbocycles. The van der Waals surface area contributed by atoms with Crippen LogP contribution in [0.1, 0.15) is 10.4 Å². The van der Waals surface area contributed by atoms with Gasteiger partial charge in [0, 0.05) is 12.8 Å². The van der Waals surface area contributed by atoms with Crippen molar-refractivity contribution in [1.82, 2.24) is 20.2 Å².